The van der Waals surface area contributed by atoms with Crippen LogP contribution in [-0.4, -0.2) is 20.2 Å². The van der Waals surface area contributed by atoms with Gasteiger partial charge in [-0.2, -0.15) is 0 Å². The zero-order valence-electron chi connectivity index (χ0n) is 6.02. The van der Waals surface area contributed by atoms with E-state index in [1.165, 1.54) is 0 Å². The van der Waals surface area contributed by atoms with E-state index >= 15 is 0 Å². The number of rotatable bonds is 0. The van der Waals surface area contributed by atoms with Crippen molar-refractivity contribution in [2.45, 2.75) is 6.92 Å². The first kappa shape index (κ1) is 6.15. The Morgan fingerprint density at radius 3 is 3.09 bits per heavy atom. The minimum absolute atomic E-state index is 0.649. The van der Waals surface area contributed by atoms with Crippen molar-refractivity contribution in [2.24, 2.45) is 0 Å². The highest BCUT2D eigenvalue weighted by Crippen LogP contribution is 2.01. The van der Waals surface area contributed by atoms with Crippen LogP contribution in [0, 0.1) is 6.92 Å². The van der Waals surface area contributed by atoms with Crippen LogP contribution in [0.2, 0.25) is 0 Å². The van der Waals surface area contributed by atoms with Crippen molar-refractivity contribution in [3.8, 4) is 0 Å². The van der Waals surface area contributed by atoms with Crippen molar-refractivity contribution in [2.75, 3.05) is 0 Å². The molecule has 0 aliphatic carbocycles. The van der Waals surface area contributed by atoms with Gasteiger partial charge in [0.1, 0.15) is 11.3 Å². The second-order valence-electron chi connectivity index (χ2n) is 2.21. The van der Waals surface area contributed by atoms with Gasteiger partial charge in [-0.05, 0) is 19.1 Å². The van der Waals surface area contributed by atoms with Gasteiger partial charge in [0.05, 0.1) is 0 Å². The maximum atomic E-state index is 4.09. The molecule has 0 fully saturated rings. The molecule has 0 radical (unpaired) electrons. The second kappa shape index (κ2) is 2.23. The Balaban J connectivity index is 2.83. The summed E-state index contributed by atoms with van der Waals surface area (Å²) in [6, 6.07) is 3.65. The largest absolute Gasteiger partial charge is 0.235 e. The van der Waals surface area contributed by atoms with Gasteiger partial charge >= 0.3 is 0 Å². The van der Waals surface area contributed by atoms with E-state index in [0.717, 1.165) is 5.52 Å². The molecule has 0 aromatic carbocycles. The Morgan fingerprint density at radius 1 is 1.27 bits per heavy atom. The van der Waals surface area contributed by atoms with Gasteiger partial charge in [-0.1, -0.05) is 0 Å². The van der Waals surface area contributed by atoms with Crippen molar-refractivity contribution >= 4 is 11.2 Å². The van der Waals surface area contributed by atoms with Crippen molar-refractivity contribution < 1.29 is 0 Å². The van der Waals surface area contributed by atoms with Gasteiger partial charge in [0, 0.05) is 6.20 Å². The molecule has 54 valence electrons. The van der Waals surface area contributed by atoms with Crippen LogP contribution in [0.15, 0.2) is 18.3 Å². The monoisotopic (exact) mass is 146 g/mol. The molecule has 0 bridgehead atoms. The average Bonchev–Trinajstić information content (AvgIpc) is 2.04. The van der Waals surface area contributed by atoms with E-state index in [9.17, 15) is 0 Å². The first-order valence-corrected chi connectivity index (χ1v) is 3.28. The van der Waals surface area contributed by atoms with E-state index in [4.69, 9.17) is 0 Å². The molecule has 2 rings (SSSR count). The van der Waals surface area contributed by atoms with Crippen LogP contribution in [-0.2, 0) is 0 Å². The first-order valence-electron chi connectivity index (χ1n) is 3.28. The Labute approximate surface area is 63.3 Å². The number of nitrogens with zero attached hydrogens (tertiary/aromatic N) is 4. The summed E-state index contributed by atoms with van der Waals surface area (Å²) >= 11 is 0. The normalized spacial score (nSPS) is 10.3. The van der Waals surface area contributed by atoms with Gasteiger partial charge in [0.15, 0.2) is 5.65 Å². The number of aryl methyl sites for hydroxylation is 1. The maximum Gasteiger partial charge on any atom is 0.181 e. The minimum Gasteiger partial charge on any atom is -0.235 e. The lowest BCUT2D eigenvalue weighted by molar-refractivity contribution is 0.942. The van der Waals surface area contributed by atoms with Gasteiger partial charge in [-0.3, -0.25) is 0 Å². The van der Waals surface area contributed by atoms with Crippen molar-refractivity contribution in [3.63, 3.8) is 0 Å². The third-order valence-electron chi connectivity index (χ3n) is 1.34. The molecule has 4 heteroatoms. The predicted molar refractivity (Wildman–Crippen MR) is 39.9 cm³/mol. The molecule has 0 saturated carbocycles. The maximum absolute atomic E-state index is 4.09. The van der Waals surface area contributed by atoms with Crippen LogP contribution in [0.3, 0.4) is 0 Å². The number of aromatic nitrogens is 4. The Bertz CT molecular complexity index is 385. The molecule has 2 aromatic rings. The standard InChI is InChI=1S/C7H6N4/c1-5-9-7-6(11-10-5)3-2-4-8-7/h2-4H,1H3. The van der Waals surface area contributed by atoms with Crippen LogP contribution in [0.1, 0.15) is 5.82 Å². The van der Waals surface area contributed by atoms with E-state index in [2.05, 4.69) is 20.2 Å². The van der Waals surface area contributed by atoms with Crippen LogP contribution in [0.25, 0.3) is 11.2 Å². The number of hydrogen-bond acceptors (Lipinski definition) is 4. The minimum atomic E-state index is 0.649. The quantitative estimate of drug-likeness (QED) is 0.549. The van der Waals surface area contributed by atoms with Gasteiger partial charge in [-0.15, -0.1) is 10.2 Å². The third-order valence-corrected chi connectivity index (χ3v) is 1.34. The molecule has 0 spiro atoms. The molecule has 2 heterocycles. The molecule has 0 unspecified atom stereocenters. The summed E-state index contributed by atoms with van der Waals surface area (Å²) in [6.07, 6.45) is 1.69. The molecule has 4 nitrogen and oxygen atoms in total. The van der Waals surface area contributed by atoms with E-state index in [1.807, 2.05) is 12.1 Å². The molecule has 2 aromatic heterocycles. The predicted octanol–water partition coefficient (Wildman–Crippen LogP) is 0.728. The highest BCUT2D eigenvalue weighted by atomic mass is 15.2. The zero-order valence-corrected chi connectivity index (χ0v) is 6.02. The lowest BCUT2D eigenvalue weighted by Gasteiger charge is -1.92. The molecule has 11 heavy (non-hydrogen) atoms. The van der Waals surface area contributed by atoms with Gasteiger partial charge in [-0.25, -0.2) is 9.97 Å². The van der Waals surface area contributed by atoms with Crippen LogP contribution in [0.4, 0.5) is 0 Å². The first-order chi connectivity index (χ1) is 5.36. The van der Waals surface area contributed by atoms with Crippen molar-refractivity contribution in [1.82, 2.24) is 20.2 Å². The fraction of sp³-hybridized carbons (Fsp3) is 0.143. The fourth-order valence-corrected chi connectivity index (χ4v) is 0.855. The van der Waals surface area contributed by atoms with Crippen LogP contribution < -0.4 is 0 Å². The van der Waals surface area contributed by atoms with E-state index in [1.54, 1.807) is 13.1 Å². The van der Waals surface area contributed by atoms with Gasteiger partial charge < -0.3 is 0 Å². The molecule has 0 amide bonds. The van der Waals surface area contributed by atoms with E-state index < -0.39 is 0 Å². The summed E-state index contributed by atoms with van der Waals surface area (Å²) < 4.78 is 0. The van der Waals surface area contributed by atoms with Crippen LogP contribution in [0.5, 0.6) is 0 Å². The van der Waals surface area contributed by atoms with Gasteiger partial charge in [0.2, 0.25) is 0 Å². The molecule has 0 saturated heterocycles. The molecule has 0 aliphatic rings. The smallest absolute Gasteiger partial charge is 0.181 e. The zero-order chi connectivity index (χ0) is 7.68. The van der Waals surface area contributed by atoms with Crippen LogP contribution >= 0.6 is 0 Å². The van der Waals surface area contributed by atoms with Crippen molar-refractivity contribution in [1.29, 1.82) is 0 Å². The Hall–Kier alpha value is -1.58. The molecule has 0 aliphatic heterocycles. The summed E-state index contributed by atoms with van der Waals surface area (Å²) in [7, 11) is 0. The van der Waals surface area contributed by atoms with E-state index in [0.29, 0.717) is 11.5 Å². The average molecular weight is 146 g/mol. The third kappa shape index (κ3) is 1.02. The number of pyridine rings is 1. The SMILES string of the molecule is Cc1nnc2cccnc2n1. The molecule has 0 N–H and O–H groups in total. The van der Waals surface area contributed by atoms with Crippen molar-refractivity contribution in [3.05, 3.63) is 24.2 Å². The summed E-state index contributed by atoms with van der Waals surface area (Å²) in [5.41, 5.74) is 1.39. The van der Waals surface area contributed by atoms with Gasteiger partial charge in [0.25, 0.3) is 0 Å². The Morgan fingerprint density at radius 2 is 2.18 bits per heavy atom. The molecular weight excluding hydrogens is 140 g/mol. The topological polar surface area (TPSA) is 51.6 Å². The lowest BCUT2D eigenvalue weighted by Crippen LogP contribution is -1.93. The number of fused-ring (bicyclic) bond motifs is 1. The summed E-state index contributed by atoms with van der Waals surface area (Å²) in [6.45, 7) is 1.79. The number of hydrogen-bond donors (Lipinski definition) is 0. The molecule has 0 atom stereocenters. The summed E-state index contributed by atoms with van der Waals surface area (Å²) in [5.74, 6) is 0.649. The Kier molecular flexibility index (Phi) is 1.25. The molecular formula is C7H6N4. The fourth-order valence-electron chi connectivity index (χ4n) is 0.855. The highest BCUT2D eigenvalue weighted by Gasteiger charge is 1.95. The lowest BCUT2D eigenvalue weighted by atomic mass is 10.4. The second-order valence-corrected chi connectivity index (χ2v) is 2.21. The highest BCUT2D eigenvalue weighted by molar-refractivity contribution is 5.67. The summed E-state index contributed by atoms with van der Waals surface area (Å²) in [5, 5.41) is 7.71. The van der Waals surface area contributed by atoms with E-state index in [-0.39, 0.29) is 0 Å². The summed E-state index contributed by atoms with van der Waals surface area (Å²) in [4.78, 5) is 8.12.